The van der Waals surface area contributed by atoms with Gasteiger partial charge in [0.15, 0.2) is 5.82 Å². The van der Waals surface area contributed by atoms with Gasteiger partial charge in [-0.15, -0.1) is 0 Å². The van der Waals surface area contributed by atoms with Crippen LogP contribution in [0.4, 0.5) is 22.0 Å². The molecule has 3 aliphatic rings. The molecule has 2 atom stereocenters. The highest BCUT2D eigenvalue weighted by atomic mass is 16.2. The number of carbonyl (C=O) groups is 2. The zero-order valence-electron chi connectivity index (χ0n) is 16.5. The third-order valence-corrected chi connectivity index (χ3v) is 6.34. The van der Waals surface area contributed by atoms with Gasteiger partial charge in [0.25, 0.3) is 5.91 Å². The Morgan fingerprint density at radius 1 is 1.14 bits per heavy atom. The average Bonchev–Trinajstić information content (AvgIpc) is 2.86. The lowest BCUT2D eigenvalue weighted by Crippen LogP contribution is -2.57. The summed E-state index contributed by atoms with van der Waals surface area (Å²) < 4.78 is 0. The number of benzene rings is 1. The molecule has 0 bridgehead atoms. The molecule has 3 amide bonds. The number of piperidine rings is 2. The number of hydrogen-bond acceptors (Lipinski definition) is 4. The van der Waals surface area contributed by atoms with Gasteiger partial charge in [-0.1, -0.05) is 12.1 Å². The van der Waals surface area contributed by atoms with Gasteiger partial charge in [-0.25, -0.2) is 14.7 Å². The number of hydrogen-bond donors (Lipinski definition) is 1. The maximum absolute atomic E-state index is 13.9. The third kappa shape index (κ3) is 3.06. The largest absolute Gasteiger partial charge is 0.330 e. The van der Waals surface area contributed by atoms with Gasteiger partial charge in [-0.2, -0.15) is 0 Å². The minimum absolute atomic E-state index is 0.0897. The number of amides is 3. The van der Waals surface area contributed by atoms with Gasteiger partial charge < -0.3 is 15.1 Å². The molecule has 2 fully saturated rings. The second-order valence-electron chi connectivity index (χ2n) is 8.18. The van der Waals surface area contributed by atoms with E-state index in [0.717, 1.165) is 38.9 Å². The molecule has 29 heavy (non-hydrogen) atoms. The summed E-state index contributed by atoms with van der Waals surface area (Å²) in [6, 6.07) is 11.0. The minimum Gasteiger partial charge on any atom is -0.321 e. The van der Waals surface area contributed by atoms with Crippen molar-refractivity contribution in [3.05, 3.63) is 48.2 Å². The molecule has 0 unspecified atom stereocenters. The Bertz CT molecular complexity index is 962. The van der Waals surface area contributed by atoms with Crippen LogP contribution in [-0.2, 0) is 0 Å². The highest BCUT2D eigenvalue weighted by molar-refractivity contribution is 6.16. The molecular formula is C22H25N5O2. The van der Waals surface area contributed by atoms with Gasteiger partial charge in [0, 0.05) is 25.3 Å². The number of nitrogens with zero attached hydrogens (tertiary/aromatic N) is 4. The van der Waals surface area contributed by atoms with Crippen molar-refractivity contribution in [3.63, 3.8) is 0 Å². The first-order valence-electron chi connectivity index (χ1n) is 10.3. The molecule has 1 aromatic heterocycles. The smallest absolute Gasteiger partial charge is 0.321 e. The van der Waals surface area contributed by atoms with E-state index in [1.54, 1.807) is 29.3 Å². The van der Waals surface area contributed by atoms with E-state index in [1.165, 1.54) is 0 Å². The molecule has 150 valence electrons. The second kappa shape index (κ2) is 7.15. The summed E-state index contributed by atoms with van der Waals surface area (Å²) >= 11 is 0. The maximum atomic E-state index is 13.9. The topological polar surface area (TPSA) is 68.8 Å². The number of anilines is 3. The highest BCUT2D eigenvalue weighted by Crippen LogP contribution is 2.39. The van der Waals surface area contributed by atoms with E-state index in [1.807, 2.05) is 23.1 Å². The number of urea groups is 1. The van der Waals surface area contributed by atoms with E-state index in [4.69, 9.17) is 0 Å². The van der Waals surface area contributed by atoms with Crippen LogP contribution >= 0.6 is 0 Å². The van der Waals surface area contributed by atoms with Gasteiger partial charge in [0.1, 0.15) is 0 Å². The molecule has 1 aromatic carbocycles. The zero-order valence-corrected chi connectivity index (χ0v) is 16.5. The van der Waals surface area contributed by atoms with Crippen molar-refractivity contribution in [2.75, 3.05) is 36.9 Å². The molecule has 2 saturated heterocycles. The zero-order chi connectivity index (χ0) is 20.0. The molecule has 0 spiro atoms. The van der Waals surface area contributed by atoms with Gasteiger partial charge in [0.05, 0.1) is 16.9 Å². The maximum Gasteiger partial charge on any atom is 0.330 e. The first kappa shape index (κ1) is 18.1. The van der Waals surface area contributed by atoms with Crippen molar-refractivity contribution < 1.29 is 9.59 Å². The standard InChI is InChI=1S/C22H25N5O2/c1-25-13-10-18-15(14-25)6-5-12-26(18)22(29)27-19-9-3-2-7-16(19)21(28)24-17-8-4-11-23-20(17)27/h2-4,7-9,11,15,18H,5-6,10,12-14H2,1H3,(H,24,28)/t15-,18+/m0/s1. The van der Waals surface area contributed by atoms with Gasteiger partial charge in [0.2, 0.25) is 0 Å². The van der Waals surface area contributed by atoms with Crippen LogP contribution in [0.2, 0.25) is 0 Å². The van der Waals surface area contributed by atoms with E-state index in [-0.39, 0.29) is 18.0 Å². The van der Waals surface area contributed by atoms with Crippen LogP contribution in [0.5, 0.6) is 0 Å². The lowest BCUT2D eigenvalue weighted by atomic mass is 9.84. The van der Waals surface area contributed by atoms with Crippen molar-refractivity contribution in [2.45, 2.75) is 25.3 Å². The molecule has 0 aliphatic carbocycles. The molecule has 1 N–H and O–H groups in total. The van der Waals surface area contributed by atoms with Crippen LogP contribution < -0.4 is 10.2 Å². The Morgan fingerprint density at radius 3 is 2.90 bits per heavy atom. The Morgan fingerprint density at radius 2 is 2.00 bits per heavy atom. The van der Waals surface area contributed by atoms with E-state index in [2.05, 4.69) is 22.2 Å². The fourth-order valence-corrected chi connectivity index (χ4v) is 4.98. The number of aromatic nitrogens is 1. The van der Waals surface area contributed by atoms with Gasteiger partial charge in [-0.3, -0.25) is 4.79 Å². The van der Waals surface area contributed by atoms with Crippen LogP contribution in [0.3, 0.4) is 0 Å². The van der Waals surface area contributed by atoms with Crippen molar-refractivity contribution >= 4 is 29.1 Å². The fourth-order valence-electron chi connectivity index (χ4n) is 4.98. The highest BCUT2D eigenvalue weighted by Gasteiger charge is 2.41. The summed E-state index contributed by atoms with van der Waals surface area (Å²) in [7, 11) is 2.15. The quantitative estimate of drug-likeness (QED) is 0.748. The predicted octanol–water partition coefficient (Wildman–Crippen LogP) is 3.32. The molecule has 0 radical (unpaired) electrons. The van der Waals surface area contributed by atoms with Crippen molar-refractivity contribution in [1.29, 1.82) is 0 Å². The van der Waals surface area contributed by atoms with E-state index >= 15 is 0 Å². The summed E-state index contributed by atoms with van der Waals surface area (Å²) in [6.07, 6.45) is 4.80. The summed E-state index contributed by atoms with van der Waals surface area (Å²) in [5.74, 6) is 0.753. The molecule has 2 aromatic rings. The summed E-state index contributed by atoms with van der Waals surface area (Å²) in [4.78, 5) is 37.2. The van der Waals surface area contributed by atoms with E-state index in [9.17, 15) is 9.59 Å². The predicted molar refractivity (Wildman–Crippen MR) is 111 cm³/mol. The number of nitrogens with one attached hydrogen (secondary N) is 1. The number of fused-ring (bicyclic) bond motifs is 3. The van der Waals surface area contributed by atoms with E-state index in [0.29, 0.717) is 28.7 Å². The first-order valence-corrected chi connectivity index (χ1v) is 10.3. The number of pyridine rings is 1. The molecule has 4 heterocycles. The Kier molecular flexibility index (Phi) is 4.47. The molecule has 0 saturated carbocycles. The minimum atomic E-state index is -0.221. The Balaban J connectivity index is 1.58. The summed E-state index contributed by atoms with van der Waals surface area (Å²) in [5, 5.41) is 2.91. The van der Waals surface area contributed by atoms with Crippen molar-refractivity contribution in [1.82, 2.24) is 14.8 Å². The van der Waals surface area contributed by atoms with Crippen molar-refractivity contribution in [3.8, 4) is 0 Å². The monoisotopic (exact) mass is 391 g/mol. The molecule has 7 nitrogen and oxygen atoms in total. The molecule has 7 heteroatoms. The van der Waals surface area contributed by atoms with Gasteiger partial charge >= 0.3 is 6.03 Å². The lowest BCUT2D eigenvalue weighted by Gasteiger charge is -2.47. The average molecular weight is 391 g/mol. The first-order chi connectivity index (χ1) is 14.1. The number of likely N-dealkylation sites (tertiary alicyclic amines) is 2. The van der Waals surface area contributed by atoms with Crippen LogP contribution in [0.1, 0.15) is 29.6 Å². The van der Waals surface area contributed by atoms with Crippen molar-refractivity contribution in [2.24, 2.45) is 5.92 Å². The molecular weight excluding hydrogens is 366 g/mol. The van der Waals surface area contributed by atoms with Crippen LogP contribution in [0, 0.1) is 5.92 Å². The van der Waals surface area contributed by atoms with Crippen LogP contribution in [0.25, 0.3) is 0 Å². The number of rotatable bonds is 0. The summed E-state index contributed by atoms with van der Waals surface area (Å²) in [6.45, 7) is 2.77. The Hall–Kier alpha value is -2.93. The SMILES string of the molecule is CN1CC[C@@H]2[C@@H](CCCN2C(=O)N2c3ccccc3C(=O)Nc3cccnc32)C1. The van der Waals surface area contributed by atoms with Crippen LogP contribution in [-0.4, -0.2) is 59.4 Å². The lowest BCUT2D eigenvalue weighted by molar-refractivity contribution is 0.0564. The van der Waals surface area contributed by atoms with Crippen LogP contribution in [0.15, 0.2) is 42.6 Å². The third-order valence-electron chi connectivity index (χ3n) is 6.34. The molecule has 3 aliphatic heterocycles. The summed E-state index contributed by atoms with van der Waals surface area (Å²) in [5.41, 5.74) is 1.62. The number of carbonyl (C=O) groups excluding carboxylic acids is 2. The second-order valence-corrected chi connectivity index (χ2v) is 8.18. The fraction of sp³-hybridized carbons (Fsp3) is 0.409. The van der Waals surface area contributed by atoms with E-state index < -0.39 is 0 Å². The van der Waals surface area contributed by atoms with Gasteiger partial charge in [-0.05, 0) is 63.0 Å². The number of para-hydroxylation sites is 1. The Labute approximate surface area is 170 Å². The normalized spacial score (nSPS) is 24.1. The molecule has 5 rings (SSSR count).